The van der Waals surface area contributed by atoms with E-state index in [1.54, 1.807) is 0 Å². The van der Waals surface area contributed by atoms with E-state index in [1.807, 2.05) is 38.7 Å². The Bertz CT molecular complexity index is 1340. The molecule has 238 valence electrons. The molecule has 1 heterocycles. The van der Waals surface area contributed by atoms with Crippen LogP contribution in [-0.4, -0.2) is 30.0 Å². The third-order valence-corrected chi connectivity index (χ3v) is 9.71. The highest BCUT2D eigenvalue weighted by molar-refractivity contribution is 5.99. The molecule has 1 aliphatic heterocycles. The molecule has 1 atom stereocenters. The van der Waals surface area contributed by atoms with Gasteiger partial charge >= 0.3 is 11.9 Å². The second kappa shape index (κ2) is 14.0. The topological polar surface area (TPSA) is 72.9 Å². The minimum absolute atomic E-state index is 0.188. The van der Waals surface area contributed by atoms with Crippen molar-refractivity contribution in [2.45, 2.75) is 130 Å². The number of carbonyl (C=O) groups is 3. The number of rotatable bonds is 8. The molecule has 44 heavy (non-hydrogen) atoms. The van der Waals surface area contributed by atoms with Crippen molar-refractivity contribution in [2.75, 3.05) is 11.4 Å². The van der Waals surface area contributed by atoms with Gasteiger partial charge in [0.15, 0.2) is 6.10 Å². The molecule has 6 nitrogen and oxygen atoms in total. The van der Waals surface area contributed by atoms with Gasteiger partial charge < -0.3 is 14.4 Å². The second-order valence-electron chi connectivity index (χ2n) is 14.5. The molecular formula is C38H51NO5. The predicted molar refractivity (Wildman–Crippen MR) is 174 cm³/mol. The number of benzene rings is 2. The number of hydrogen-bond donors (Lipinski definition) is 0. The minimum Gasteiger partial charge on any atom is -0.391 e. The van der Waals surface area contributed by atoms with Crippen molar-refractivity contribution in [2.24, 2.45) is 11.8 Å². The Morgan fingerprint density at radius 1 is 0.864 bits per heavy atom. The molecule has 0 N–H and O–H groups in total. The fourth-order valence-electron chi connectivity index (χ4n) is 7.50. The van der Waals surface area contributed by atoms with E-state index in [1.165, 1.54) is 25.7 Å². The summed E-state index contributed by atoms with van der Waals surface area (Å²) in [5.41, 5.74) is 5.90. The first kappa shape index (κ1) is 32.4. The number of hydrogen-bond acceptors (Lipinski definition) is 5. The lowest BCUT2D eigenvalue weighted by Crippen LogP contribution is -2.32. The third-order valence-electron chi connectivity index (χ3n) is 9.71. The van der Waals surface area contributed by atoms with Gasteiger partial charge in [0.05, 0.1) is 5.60 Å². The molecule has 6 heteroatoms. The molecule has 0 aromatic heterocycles. The number of esters is 2. The number of aryl methyl sites for hydroxylation is 2. The number of fused-ring (bicyclic) bond motifs is 1. The minimum atomic E-state index is -1.08. The highest BCUT2D eigenvalue weighted by Crippen LogP contribution is 2.45. The van der Waals surface area contributed by atoms with Crippen LogP contribution in [0.2, 0.25) is 0 Å². The van der Waals surface area contributed by atoms with Crippen LogP contribution in [-0.2, 0) is 30.3 Å². The van der Waals surface area contributed by atoms with Gasteiger partial charge in [-0.15, -0.1) is 0 Å². The molecule has 2 fully saturated rings. The average Bonchev–Trinajstić information content (AvgIpc) is 3.40. The number of ether oxygens (including phenoxy) is 2. The standard InChI is InChI=1S/C38H51NO5/c1-25-16-18-29(19-17-25)35-30-20-21-39(32(40)23-27-12-8-6-9-13-27)31(30)22-26(2)34(35)36(44-38(3,4)5)37(42)43-33(41)24-28-14-10-7-11-15-28/h16-19,22,27-28,36H,6-15,20-21,23-24H2,1-5H3. The largest absolute Gasteiger partial charge is 0.391 e. The van der Waals surface area contributed by atoms with Crippen LogP contribution in [0.25, 0.3) is 11.1 Å². The Balaban J connectivity index is 1.52. The zero-order valence-corrected chi connectivity index (χ0v) is 27.5. The van der Waals surface area contributed by atoms with Crippen LogP contribution in [0.3, 0.4) is 0 Å². The van der Waals surface area contributed by atoms with Crippen molar-refractivity contribution in [1.82, 2.24) is 0 Å². The molecule has 1 amide bonds. The van der Waals surface area contributed by atoms with Crippen LogP contribution in [0, 0.1) is 25.7 Å². The molecule has 2 saturated carbocycles. The lowest BCUT2D eigenvalue weighted by atomic mass is 9.86. The van der Waals surface area contributed by atoms with Gasteiger partial charge in [-0.1, -0.05) is 68.4 Å². The normalized spacial score (nSPS) is 18.6. The van der Waals surface area contributed by atoms with Gasteiger partial charge in [0, 0.05) is 30.6 Å². The van der Waals surface area contributed by atoms with Crippen molar-refractivity contribution in [3.05, 3.63) is 52.6 Å². The summed E-state index contributed by atoms with van der Waals surface area (Å²) in [4.78, 5) is 42.6. The maximum absolute atomic E-state index is 13.9. The van der Waals surface area contributed by atoms with E-state index in [4.69, 9.17) is 9.47 Å². The molecule has 0 bridgehead atoms. The van der Waals surface area contributed by atoms with Gasteiger partial charge in [-0.3, -0.25) is 9.59 Å². The monoisotopic (exact) mass is 601 g/mol. The van der Waals surface area contributed by atoms with E-state index in [0.717, 1.165) is 77.6 Å². The summed E-state index contributed by atoms with van der Waals surface area (Å²) in [6.45, 7) is 10.4. The molecular weight excluding hydrogens is 550 g/mol. The lowest BCUT2D eigenvalue weighted by Gasteiger charge is -2.30. The summed E-state index contributed by atoms with van der Waals surface area (Å²) in [6.07, 6.45) is 11.9. The van der Waals surface area contributed by atoms with E-state index in [-0.39, 0.29) is 18.2 Å². The van der Waals surface area contributed by atoms with E-state index in [0.29, 0.717) is 25.3 Å². The highest BCUT2D eigenvalue weighted by atomic mass is 16.6. The summed E-state index contributed by atoms with van der Waals surface area (Å²) in [6, 6.07) is 10.3. The summed E-state index contributed by atoms with van der Waals surface area (Å²) in [5.74, 6) is -0.219. The Hall–Kier alpha value is -2.99. The number of nitrogens with zero attached hydrogens (tertiary/aromatic N) is 1. The van der Waals surface area contributed by atoms with Crippen LogP contribution in [0.4, 0.5) is 5.69 Å². The molecule has 2 aromatic rings. The van der Waals surface area contributed by atoms with Crippen LogP contribution in [0.15, 0.2) is 30.3 Å². The Morgan fingerprint density at radius 2 is 1.45 bits per heavy atom. The van der Waals surface area contributed by atoms with Crippen LogP contribution in [0.5, 0.6) is 0 Å². The van der Waals surface area contributed by atoms with E-state index < -0.39 is 23.6 Å². The Morgan fingerprint density at radius 3 is 2.05 bits per heavy atom. The fraction of sp³-hybridized carbons (Fsp3) is 0.605. The number of amides is 1. The van der Waals surface area contributed by atoms with Crippen molar-refractivity contribution in [1.29, 1.82) is 0 Å². The van der Waals surface area contributed by atoms with E-state index in [9.17, 15) is 14.4 Å². The summed E-state index contributed by atoms with van der Waals surface area (Å²) in [7, 11) is 0. The molecule has 0 spiro atoms. The summed E-state index contributed by atoms with van der Waals surface area (Å²) in [5, 5.41) is 0. The molecule has 0 radical (unpaired) electrons. The highest BCUT2D eigenvalue weighted by Gasteiger charge is 2.38. The number of carbonyl (C=O) groups excluding carboxylic acids is 3. The maximum atomic E-state index is 13.9. The van der Waals surface area contributed by atoms with Crippen LogP contribution >= 0.6 is 0 Å². The van der Waals surface area contributed by atoms with Crippen molar-refractivity contribution in [3.8, 4) is 11.1 Å². The number of anilines is 1. The molecule has 0 saturated heterocycles. The zero-order valence-electron chi connectivity index (χ0n) is 27.5. The Labute approximate surface area is 263 Å². The van der Waals surface area contributed by atoms with Gasteiger partial charge in [-0.05, 0) is 107 Å². The molecule has 2 aromatic carbocycles. The van der Waals surface area contributed by atoms with Gasteiger partial charge in [0.25, 0.3) is 0 Å². The van der Waals surface area contributed by atoms with Crippen molar-refractivity contribution in [3.63, 3.8) is 0 Å². The molecule has 5 rings (SSSR count). The lowest BCUT2D eigenvalue weighted by molar-refractivity contribution is -0.175. The van der Waals surface area contributed by atoms with Gasteiger partial charge in [0.2, 0.25) is 5.91 Å². The summed E-state index contributed by atoms with van der Waals surface area (Å²) < 4.78 is 12.0. The first-order valence-corrected chi connectivity index (χ1v) is 17.0. The van der Waals surface area contributed by atoms with E-state index >= 15 is 0 Å². The fourth-order valence-corrected chi connectivity index (χ4v) is 7.50. The smallest absolute Gasteiger partial charge is 0.347 e. The van der Waals surface area contributed by atoms with Crippen LogP contribution in [0.1, 0.15) is 126 Å². The molecule has 2 aliphatic carbocycles. The third kappa shape index (κ3) is 7.80. The first-order chi connectivity index (χ1) is 21.0. The predicted octanol–water partition coefficient (Wildman–Crippen LogP) is 8.73. The van der Waals surface area contributed by atoms with Crippen molar-refractivity contribution < 1.29 is 23.9 Å². The first-order valence-electron chi connectivity index (χ1n) is 17.0. The van der Waals surface area contributed by atoms with Crippen molar-refractivity contribution >= 4 is 23.5 Å². The zero-order chi connectivity index (χ0) is 31.4. The maximum Gasteiger partial charge on any atom is 0.347 e. The van der Waals surface area contributed by atoms with Gasteiger partial charge in [-0.2, -0.15) is 0 Å². The van der Waals surface area contributed by atoms with Crippen LogP contribution < -0.4 is 4.90 Å². The van der Waals surface area contributed by atoms with Gasteiger partial charge in [0.1, 0.15) is 0 Å². The second-order valence-corrected chi connectivity index (χ2v) is 14.5. The SMILES string of the molecule is Cc1ccc(-c2c3c(cc(C)c2C(OC(C)(C)C)C(=O)OC(=O)CC2CCCCC2)N(C(=O)CC2CCCCC2)CC3)cc1. The van der Waals surface area contributed by atoms with E-state index in [2.05, 4.69) is 31.2 Å². The summed E-state index contributed by atoms with van der Waals surface area (Å²) >= 11 is 0. The molecule has 3 aliphatic rings. The average molecular weight is 602 g/mol. The quantitative estimate of drug-likeness (QED) is 0.223. The molecule has 1 unspecified atom stereocenters. The van der Waals surface area contributed by atoms with Gasteiger partial charge in [-0.25, -0.2) is 4.79 Å². The Kier molecular flexibility index (Phi) is 10.3.